The molecule has 0 aliphatic rings. The van der Waals surface area contributed by atoms with E-state index >= 15 is 0 Å². The van der Waals surface area contributed by atoms with Gasteiger partial charge in [0.1, 0.15) is 0 Å². The first-order valence-corrected chi connectivity index (χ1v) is 7.91. The number of hydrogen-bond acceptors (Lipinski definition) is 1. The Morgan fingerprint density at radius 2 is 2.29 bits per heavy atom. The fraction of sp³-hybridized carbons (Fsp3) is 0.417. The fourth-order valence-corrected chi connectivity index (χ4v) is 2.86. The minimum absolute atomic E-state index is 0.0571. The van der Waals surface area contributed by atoms with Crippen LogP contribution in [-0.4, -0.2) is 17.8 Å². The highest BCUT2D eigenvalue weighted by Crippen LogP contribution is 2.17. The number of alkyl halides is 1. The Kier molecular flexibility index (Phi) is 6.80. The van der Waals surface area contributed by atoms with Crippen molar-refractivity contribution in [2.75, 3.05) is 11.9 Å². The van der Waals surface area contributed by atoms with Gasteiger partial charge in [0.25, 0.3) is 5.91 Å². The van der Waals surface area contributed by atoms with E-state index in [1.54, 1.807) is 12.1 Å². The van der Waals surface area contributed by atoms with Gasteiger partial charge in [0.05, 0.1) is 5.56 Å². The summed E-state index contributed by atoms with van der Waals surface area (Å²) in [6.45, 7) is 2.80. The van der Waals surface area contributed by atoms with Crippen molar-refractivity contribution in [2.45, 2.75) is 13.3 Å². The molecule has 1 amide bonds. The lowest BCUT2D eigenvalue weighted by Crippen LogP contribution is -2.29. The molecule has 0 spiro atoms. The van der Waals surface area contributed by atoms with Crippen LogP contribution < -0.4 is 5.32 Å². The Bertz CT molecular complexity index is 400. The van der Waals surface area contributed by atoms with E-state index in [1.165, 1.54) is 0 Å². The van der Waals surface area contributed by atoms with Crippen LogP contribution in [0.1, 0.15) is 23.7 Å². The van der Waals surface area contributed by atoms with Gasteiger partial charge in [-0.2, -0.15) is 0 Å². The molecule has 1 N–H and O–H groups in total. The summed E-state index contributed by atoms with van der Waals surface area (Å²) in [5.41, 5.74) is 0.643. The number of carbonyl (C=O) groups is 1. The van der Waals surface area contributed by atoms with Gasteiger partial charge in [-0.05, 0) is 53.1 Å². The number of carbonyl (C=O) groups excluding carboxylic acids is 1. The topological polar surface area (TPSA) is 29.1 Å². The molecule has 2 nitrogen and oxygen atoms in total. The molecule has 0 aliphatic carbocycles. The molecule has 5 heteroatoms. The van der Waals surface area contributed by atoms with Gasteiger partial charge >= 0.3 is 0 Å². The fourth-order valence-electron chi connectivity index (χ4n) is 1.32. The van der Waals surface area contributed by atoms with Gasteiger partial charge in [0.2, 0.25) is 0 Å². The number of amides is 1. The van der Waals surface area contributed by atoms with Crippen LogP contribution in [0.3, 0.4) is 0 Å². The number of benzene rings is 1. The quantitative estimate of drug-likeness (QED) is 0.553. The van der Waals surface area contributed by atoms with Crippen LogP contribution in [0.4, 0.5) is 0 Å². The molecule has 94 valence electrons. The number of hydrogen-bond donors (Lipinski definition) is 1. The number of rotatable bonds is 5. The van der Waals surface area contributed by atoms with Crippen LogP contribution >= 0.6 is 50.1 Å². The lowest BCUT2D eigenvalue weighted by Gasteiger charge is -2.12. The Hall–Kier alpha value is 0.190. The molecular formula is C12H14BrClINO. The molecule has 1 atom stereocenters. The Balaban J connectivity index is 2.61. The average molecular weight is 431 g/mol. The summed E-state index contributed by atoms with van der Waals surface area (Å²) in [7, 11) is 0. The molecule has 0 saturated carbocycles. The van der Waals surface area contributed by atoms with E-state index in [-0.39, 0.29) is 5.91 Å². The van der Waals surface area contributed by atoms with E-state index in [0.29, 0.717) is 23.0 Å². The number of halogens is 3. The molecule has 1 unspecified atom stereocenters. The van der Waals surface area contributed by atoms with Gasteiger partial charge in [-0.25, -0.2) is 0 Å². The van der Waals surface area contributed by atoms with Crippen LogP contribution in [-0.2, 0) is 0 Å². The molecule has 0 fully saturated rings. The zero-order chi connectivity index (χ0) is 12.8. The third-order valence-corrected chi connectivity index (χ3v) is 4.02. The summed E-state index contributed by atoms with van der Waals surface area (Å²) in [5, 5.41) is 4.47. The van der Waals surface area contributed by atoms with Gasteiger partial charge < -0.3 is 5.32 Å². The van der Waals surface area contributed by atoms with Crippen molar-refractivity contribution < 1.29 is 4.79 Å². The zero-order valence-corrected chi connectivity index (χ0v) is 14.0. The minimum atomic E-state index is -0.0571. The Morgan fingerprint density at radius 1 is 1.59 bits per heavy atom. The predicted octanol–water partition coefficient (Wildman–Crippen LogP) is 4.10. The second-order valence-electron chi connectivity index (χ2n) is 3.92. The van der Waals surface area contributed by atoms with Crippen molar-refractivity contribution >= 4 is 56.0 Å². The van der Waals surface area contributed by atoms with Crippen LogP contribution in [0.15, 0.2) is 18.2 Å². The van der Waals surface area contributed by atoms with E-state index < -0.39 is 0 Å². The third-order valence-electron chi connectivity index (χ3n) is 2.39. The summed E-state index contributed by atoms with van der Waals surface area (Å²) < 4.78 is 0.914. The molecule has 0 saturated heterocycles. The van der Waals surface area contributed by atoms with E-state index in [1.807, 2.05) is 6.07 Å². The summed E-state index contributed by atoms with van der Waals surface area (Å²) in [5.74, 6) is 0.411. The van der Waals surface area contributed by atoms with Crippen LogP contribution in [0.2, 0.25) is 5.02 Å². The zero-order valence-electron chi connectivity index (χ0n) is 9.47. The molecule has 1 aromatic rings. The molecule has 1 aromatic carbocycles. The van der Waals surface area contributed by atoms with Crippen molar-refractivity contribution in [2.24, 2.45) is 5.92 Å². The minimum Gasteiger partial charge on any atom is -0.352 e. The second kappa shape index (κ2) is 7.59. The smallest absolute Gasteiger partial charge is 0.252 e. The lowest BCUT2D eigenvalue weighted by atomic mass is 10.1. The van der Waals surface area contributed by atoms with Crippen molar-refractivity contribution in [1.82, 2.24) is 5.32 Å². The van der Waals surface area contributed by atoms with Gasteiger partial charge in [-0.15, -0.1) is 0 Å². The largest absolute Gasteiger partial charge is 0.352 e. The van der Waals surface area contributed by atoms with E-state index in [9.17, 15) is 4.79 Å². The van der Waals surface area contributed by atoms with Crippen molar-refractivity contribution in [3.8, 4) is 0 Å². The molecule has 1 rings (SSSR count). The molecular weight excluding hydrogens is 416 g/mol. The lowest BCUT2D eigenvalue weighted by molar-refractivity contribution is 0.0947. The van der Waals surface area contributed by atoms with Crippen LogP contribution in [0.5, 0.6) is 0 Å². The van der Waals surface area contributed by atoms with Gasteiger partial charge in [-0.3, -0.25) is 4.79 Å². The molecule has 0 bridgehead atoms. The van der Waals surface area contributed by atoms with E-state index in [4.69, 9.17) is 11.6 Å². The van der Waals surface area contributed by atoms with Crippen LogP contribution in [0.25, 0.3) is 0 Å². The third kappa shape index (κ3) is 5.14. The number of nitrogens with one attached hydrogen (secondary N) is 1. The van der Waals surface area contributed by atoms with Crippen LogP contribution in [0, 0.1) is 9.49 Å². The molecule has 0 aromatic heterocycles. The highest BCUT2D eigenvalue weighted by molar-refractivity contribution is 14.1. The molecule has 0 aliphatic heterocycles. The van der Waals surface area contributed by atoms with Crippen molar-refractivity contribution in [1.29, 1.82) is 0 Å². The first-order chi connectivity index (χ1) is 8.04. The predicted molar refractivity (Wildman–Crippen MR) is 84.1 cm³/mol. The monoisotopic (exact) mass is 429 g/mol. The van der Waals surface area contributed by atoms with Crippen molar-refractivity contribution in [3.63, 3.8) is 0 Å². The standard InChI is InChI=1S/C12H14BrClINO/c1-8(4-5-13)7-16-12(17)10-6-9(14)2-3-11(10)15/h2-3,6,8H,4-5,7H2,1H3,(H,16,17). The maximum Gasteiger partial charge on any atom is 0.252 e. The van der Waals surface area contributed by atoms with Gasteiger partial charge in [-0.1, -0.05) is 34.5 Å². The summed E-state index contributed by atoms with van der Waals surface area (Å²) in [4.78, 5) is 11.9. The Morgan fingerprint density at radius 3 is 2.94 bits per heavy atom. The molecule has 0 radical (unpaired) electrons. The first-order valence-electron chi connectivity index (χ1n) is 5.33. The average Bonchev–Trinajstić information content (AvgIpc) is 2.29. The summed E-state index contributed by atoms with van der Waals surface area (Å²) in [6, 6.07) is 5.33. The highest BCUT2D eigenvalue weighted by Gasteiger charge is 2.11. The Labute approximate surface area is 129 Å². The normalized spacial score (nSPS) is 12.2. The van der Waals surface area contributed by atoms with E-state index in [2.05, 4.69) is 50.8 Å². The molecule has 0 heterocycles. The summed E-state index contributed by atoms with van der Waals surface area (Å²) in [6.07, 6.45) is 1.05. The second-order valence-corrected chi connectivity index (χ2v) is 6.31. The molecule has 17 heavy (non-hydrogen) atoms. The first kappa shape index (κ1) is 15.2. The highest BCUT2D eigenvalue weighted by atomic mass is 127. The van der Waals surface area contributed by atoms with Crippen molar-refractivity contribution in [3.05, 3.63) is 32.4 Å². The SMILES string of the molecule is CC(CCBr)CNC(=O)c1cc(Cl)ccc1I. The van der Waals surface area contributed by atoms with Gasteiger partial charge in [0, 0.05) is 20.5 Å². The van der Waals surface area contributed by atoms with E-state index in [0.717, 1.165) is 15.3 Å². The maximum absolute atomic E-state index is 11.9. The maximum atomic E-state index is 11.9. The summed E-state index contributed by atoms with van der Waals surface area (Å²) >= 11 is 11.4. The van der Waals surface area contributed by atoms with Gasteiger partial charge in [0.15, 0.2) is 0 Å².